The lowest BCUT2D eigenvalue weighted by Crippen LogP contribution is -2.48. The summed E-state index contributed by atoms with van der Waals surface area (Å²) in [4.78, 5) is 12.0. The molecular formula is C13H18N2O3S. The van der Waals surface area contributed by atoms with E-state index in [-0.39, 0.29) is 11.9 Å². The third kappa shape index (κ3) is 3.70. The van der Waals surface area contributed by atoms with Crippen molar-refractivity contribution in [3.63, 3.8) is 0 Å². The normalized spacial score (nSPS) is 20.4. The summed E-state index contributed by atoms with van der Waals surface area (Å²) < 4.78 is 16.7. The van der Waals surface area contributed by atoms with Crippen LogP contribution in [0, 0.1) is 0 Å². The van der Waals surface area contributed by atoms with E-state index in [9.17, 15) is 9.00 Å². The van der Waals surface area contributed by atoms with Crippen LogP contribution in [-0.4, -0.2) is 40.8 Å². The average Bonchev–Trinajstić information content (AvgIpc) is 2.37. The molecule has 1 heterocycles. The quantitative estimate of drug-likeness (QED) is 0.855. The number of amides is 1. The maximum atomic E-state index is 12.0. The number of hydrogen-bond acceptors (Lipinski definition) is 4. The lowest BCUT2D eigenvalue weighted by atomic mass is 10.2. The van der Waals surface area contributed by atoms with Crippen LogP contribution in [0.15, 0.2) is 24.3 Å². The van der Waals surface area contributed by atoms with E-state index in [1.165, 1.54) is 0 Å². The summed E-state index contributed by atoms with van der Waals surface area (Å²) in [7, 11) is -0.924. The summed E-state index contributed by atoms with van der Waals surface area (Å²) in [6, 6.07) is 7.38. The predicted octanol–water partition coefficient (Wildman–Crippen LogP) is 0.743. The van der Waals surface area contributed by atoms with Crippen molar-refractivity contribution in [2.45, 2.75) is 19.1 Å². The molecular weight excluding hydrogens is 264 g/mol. The van der Waals surface area contributed by atoms with Crippen molar-refractivity contribution in [2.24, 2.45) is 0 Å². The Bertz CT molecular complexity index is 493. The number of para-hydroxylation sites is 2. The summed E-state index contributed by atoms with van der Waals surface area (Å²) in [6.45, 7) is 2.27. The first-order valence-corrected chi connectivity index (χ1v) is 7.89. The number of ether oxygens (including phenoxy) is 1. The zero-order valence-electron chi connectivity index (χ0n) is 11.0. The second-order valence-electron chi connectivity index (χ2n) is 4.63. The molecule has 0 saturated heterocycles. The predicted molar refractivity (Wildman–Crippen MR) is 75.9 cm³/mol. The van der Waals surface area contributed by atoms with Crippen molar-refractivity contribution in [3.05, 3.63) is 24.3 Å². The molecule has 3 unspecified atom stereocenters. The third-order valence-electron chi connectivity index (χ3n) is 2.80. The molecule has 0 spiro atoms. The molecule has 2 N–H and O–H groups in total. The number of anilines is 1. The van der Waals surface area contributed by atoms with Gasteiger partial charge in [0.2, 0.25) is 0 Å². The van der Waals surface area contributed by atoms with Gasteiger partial charge in [-0.25, -0.2) is 0 Å². The van der Waals surface area contributed by atoms with Gasteiger partial charge in [0.25, 0.3) is 5.91 Å². The first-order valence-electron chi connectivity index (χ1n) is 6.16. The summed E-state index contributed by atoms with van der Waals surface area (Å²) in [5, 5.41) is 5.98. The molecule has 5 nitrogen and oxygen atoms in total. The molecule has 0 fully saturated rings. The van der Waals surface area contributed by atoms with Gasteiger partial charge in [0.15, 0.2) is 6.10 Å². The molecule has 19 heavy (non-hydrogen) atoms. The number of hydrogen-bond donors (Lipinski definition) is 2. The monoisotopic (exact) mass is 282 g/mol. The summed E-state index contributed by atoms with van der Waals surface area (Å²) in [6.07, 6.45) is 1.07. The number of rotatable bonds is 4. The average molecular weight is 282 g/mol. The number of carbonyl (C=O) groups excluding carboxylic acids is 1. The molecule has 1 aromatic rings. The molecule has 1 amide bonds. The zero-order valence-corrected chi connectivity index (χ0v) is 11.8. The fourth-order valence-electron chi connectivity index (χ4n) is 1.99. The highest BCUT2D eigenvalue weighted by Crippen LogP contribution is 2.28. The highest BCUT2D eigenvalue weighted by molar-refractivity contribution is 7.84. The highest BCUT2D eigenvalue weighted by Gasteiger charge is 2.26. The third-order valence-corrected chi connectivity index (χ3v) is 3.77. The molecule has 104 valence electrons. The Morgan fingerprint density at radius 1 is 1.58 bits per heavy atom. The maximum Gasteiger partial charge on any atom is 0.263 e. The van der Waals surface area contributed by atoms with E-state index >= 15 is 0 Å². The van der Waals surface area contributed by atoms with Crippen LogP contribution in [0.25, 0.3) is 0 Å². The molecule has 0 aliphatic carbocycles. The number of fused-ring (bicyclic) bond motifs is 1. The van der Waals surface area contributed by atoms with E-state index in [0.29, 0.717) is 18.0 Å². The van der Waals surface area contributed by atoms with Gasteiger partial charge in [0.1, 0.15) is 5.75 Å². The van der Waals surface area contributed by atoms with E-state index in [0.717, 1.165) is 5.69 Å². The van der Waals surface area contributed by atoms with Gasteiger partial charge < -0.3 is 15.4 Å². The van der Waals surface area contributed by atoms with Gasteiger partial charge in [-0.3, -0.25) is 9.00 Å². The first kappa shape index (κ1) is 13.9. The van der Waals surface area contributed by atoms with Crippen LogP contribution in [0.4, 0.5) is 5.69 Å². The molecule has 1 aliphatic rings. The van der Waals surface area contributed by atoms with E-state index in [4.69, 9.17) is 4.74 Å². The van der Waals surface area contributed by atoms with Gasteiger partial charge in [-0.2, -0.15) is 0 Å². The minimum atomic E-state index is -0.924. The SMILES string of the molecule is CC(CS(C)=O)NC(=O)C1CNc2ccccc2O1. The standard InChI is InChI=1S/C13H18N2O3S/c1-9(8-19(2)17)15-13(16)12-7-14-10-5-3-4-6-11(10)18-12/h3-6,9,12,14H,7-8H2,1-2H3,(H,15,16). The molecule has 1 aromatic carbocycles. The summed E-state index contributed by atoms with van der Waals surface area (Å²) in [5.41, 5.74) is 0.897. The topological polar surface area (TPSA) is 67.4 Å². The molecule has 0 aromatic heterocycles. The maximum absolute atomic E-state index is 12.0. The number of nitrogens with one attached hydrogen (secondary N) is 2. The molecule has 0 radical (unpaired) electrons. The lowest BCUT2D eigenvalue weighted by Gasteiger charge is -2.27. The smallest absolute Gasteiger partial charge is 0.263 e. The van der Waals surface area contributed by atoms with Crippen molar-refractivity contribution in [3.8, 4) is 5.75 Å². The summed E-state index contributed by atoms with van der Waals surface area (Å²) >= 11 is 0. The Hall–Kier alpha value is -1.56. The lowest BCUT2D eigenvalue weighted by molar-refractivity contribution is -0.128. The fourth-order valence-corrected chi connectivity index (χ4v) is 2.78. The van der Waals surface area contributed by atoms with Gasteiger partial charge in [-0.1, -0.05) is 12.1 Å². The summed E-state index contributed by atoms with van der Waals surface area (Å²) in [5.74, 6) is 0.947. The Balaban J connectivity index is 1.93. The van der Waals surface area contributed by atoms with Crippen molar-refractivity contribution < 1.29 is 13.7 Å². The number of benzene rings is 1. The highest BCUT2D eigenvalue weighted by atomic mass is 32.2. The molecule has 2 rings (SSSR count). The zero-order chi connectivity index (χ0) is 13.8. The molecule has 0 bridgehead atoms. The van der Waals surface area contributed by atoms with Crippen LogP contribution < -0.4 is 15.4 Å². The molecule has 3 atom stereocenters. The first-order chi connectivity index (χ1) is 9.06. The van der Waals surface area contributed by atoms with Crippen molar-refractivity contribution in [1.29, 1.82) is 0 Å². The second kappa shape index (κ2) is 6.06. The van der Waals surface area contributed by atoms with Crippen LogP contribution in [0.1, 0.15) is 6.92 Å². The molecule has 0 saturated carbocycles. The minimum Gasteiger partial charge on any atom is -0.477 e. The van der Waals surface area contributed by atoms with E-state index in [1.807, 2.05) is 31.2 Å². The van der Waals surface area contributed by atoms with Crippen molar-refractivity contribution >= 4 is 22.4 Å². The van der Waals surface area contributed by atoms with Gasteiger partial charge in [-0.15, -0.1) is 0 Å². The second-order valence-corrected chi connectivity index (χ2v) is 6.11. The Kier molecular flexibility index (Phi) is 4.42. The van der Waals surface area contributed by atoms with Gasteiger partial charge >= 0.3 is 0 Å². The van der Waals surface area contributed by atoms with Crippen LogP contribution >= 0.6 is 0 Å². The van der Waals surface area contributed by atoms with Crippen LogP contribution in [0.2, 0.25) is 0 Å². The molecule has 6 heteroatoms. The Morgan fingerprint density at radius 2 is 2.32 bits per heavy atom. The molecule has 1 aliphatic heterocycles. The van der Waals surface area contributed by atoms with Crippen LogP contribution in [-0.2, 0) is 15.6 Å². The van der Waals surface area contributed by atoms with Crippen LogP contribution in [0.3, 0.4) is 0 Å². The minimum absolute atomic E-state index is 0.126. The largest absolute Gasteiger partial charge is 0.477 e. The van der Waals surface area contributed by atoms with E-state index in [1.54, 1.807) is 6.26 Å². The van der Waals surface area contributed by atoms with Gasteiger partial charge in [0, 0.05) is 28.9 Å². The van der Waals surface area contributed by atoms with Crippen LogP contribution in [0.5, 0.6) is 5.75 Å². The van der Waals surface area contributed by atoms with Gasteiger partial charge in [0.05, 0.1) is 12.2 Å². The van der Waals surface area contributed by atoms with E-state index in [2.05, 4.69) is 10.6 Å². The Morgan fingerprint density at radius 3 is 3.05 bits per heavy atom. The van der Waals surface area contributed by atoms with Gasteiger partial charge in [-0.05, 0) is 19.1 Å². The van der Waals surface area contributed by atoms with Crippen molar-refractivity contribution in [1.82, 2.24) is 5.32 Å². The van der Waals surface area contributed by atoms with Crippen molar-refractivity contribution in [2.75, 3.05) is 23.9 Å². The fraction of sp³-hybridized carbons (Fsp3) is 0.462. The van der Waals surface area contributed by atoms with E-state index < -0.39 is 16.9 Å². The Labute approximate surface area is 115 Å². The number of carbonyl (C=O) groups is 1.